The lowest BCUT2D eigenvalue weighted by atomic mass is 10.1. The third-order valence-corrected chi connectivity index (χ3v) is 5.67. The third kappa shape index (κ3) is 6.41. The topological polar surface area (TPSA) is 79.3 Å². The summed E-state index contributed by atoms with van der Waals surface area (Å²) in [5, 5.41) is 7.12. The second-order valence-corrected chi connectivity index (χ2v) is 8.18. The van der Waals surface area contributed by atoms with Gasteiger partial charge < -0.3 is 19.5 Å². The Bertz CT molecular complexity index is 783. The Balaban J connectivity index is 0.000000339. The van der Waals surface area contributed by atoms with E-state index in [4.69, 9.17) is 19.4 Å². The Morgan fingerprint density at radius 1 is 1.29 bits per heavy atom. The molecule has 3 aliphatic heterocycles. The number of carbonyl (C=O) groups excluding carboxylic acids is 1. The van der Waals surface area contributed by atoms with Gasteiger partial charge in [-0.05, 0) is 24.8 Å². The Hall–Kier alpha value is -2.17. The summed E-state index contributed by atoms with van der Waals surface area (Å²) >= 11 is 0. The van der Waals surface area contributed by atoms with Gasteiger partial charge in [0.25, 0.3) is 0 Å². The molecule has 0 spiro atoms. The first-order chi connectivity index (χ1) is 14.6. The van der Waals surface area contributed by atoms with Crippen molar-refractivity contribution in [3.05, 3.63) is 35.4 Å². The second-order valence-electron chi connectivity index (χ2n) is 8.18. The highest BCUT2D eigenvalue weighted by Crippen LogP contribution is 2.27. The number of amides is 1. The Kier molecular flexibility index (Phi) is 7.55. The number of halogens is 3. The van der Waals surface area contributed by atoms with Gasteiger partial charge in [0.1, 0.15) is 6.61 Å². The number of rotatable bonds is 4. The van der Waals surface area contributed by atoms with Crippen LogP contribution in [-0.2, 0) is 25.6 Å². The minimum atomic E-state index is -5.08. The van der Waals surface area contributed by atoms with Crippen molar-refractivity contribution in [1.29, 1.82) is 0 Å². The predicted octanol–water partition coefficient (Wildman–Crippen LogP) is 2.08. The average molecular weight is 444 g/mol. The van der Waals surface area contributed by atoms with Gasteiger partial charge >= 0.3 is 12.1 Å². The molecular weight excluding hydrogens is 417 g/mol. The first-order valence-electron chi connectivity index (χ1n) is 10.2. The maximum Gasteiger partial charge on any atom is 0.490 e. The smallest absolute Gasteiger partial charge is 0.475 e. The molecule has 7 nitrogen and oxygen atoms in total. The summed E-state index contributed by atoms with van der Waals surface area (Å²) in [5.41, 5.74) is 2.44. The van der Waals surface area contributed by atoms with Gasteiger partial charge in [-0.1, -0.05) is 29.8 Å². The van der Waals surface area contributed by atoms with Crippen LogP contribution in [0.1, 0.15) is 17.5 Å². The number of carboxylic acids is 1. The van der Waals surface area contributed by atoms with Gasteiger partial charge in [-0.3, -0.25) is 9.69 Å². The summed E-state index contributed by atoms with van der Waals surface area (Å²) in [6, 6.07) is 8.60. The van der Waals surface area contributed by atoms with Crippen molar-refractivity contribution in [3.8, 4) is 0 Å². The minimum absolute atomic E-state index is 0.115. The van der Waals surface area contributed by atoms with Crippen LogP contribution in [0.4, 0.5) is 13.2 Å². The van der Waals surface area contributed by atoms with E-state index < -0.39 is 12.1 Å². The molecule has 0 radical (unpaired) electrons. The lowest BCUT2D eigenvalue weighted by Crippen LogP contribution is -2.53. The number of hydrogen-bond acceptors (Lipinski definition) is 5. The molecule has 1 amide bonds. The Morgan fingerprint density at radius 2 is 2.03 bits per heavy atom. The summed E-state index contributed by atoms with van der Waals surface area (Å²) in [4.78, 5) is 25.8. The van der Waals surface area contributed by atoms with E-state index in [9.17, 15) is 18.0 Å². The number of hydrogen-bond donors (Lipinski definition) is 1. The number of alkyl halides is 3. The van der Waals surface area contributed by atoms with E-state index in [1.165, 1.54) is 11.1 Å². The maximum absolute atomic E-state index is 12.4. The normalized spacial score (nSPS) is 26.4. The molecule has 3 saturated heterocycles. The number of carboxylic acid groups (broad SMARTS) is 1. The van der Waals surface area contributed by atoms with E-state index in [1.54, 1.807) is 0 Å². The minimum Gasteiger partial charge on any atom is -0.475 e. The number of morpholine rings is 1. The molecule has 0 aromatic heterocycles. The van der Waals surface area contributed by atoms with Crippen LogP contribution in [0.2, 0.25) is 0 Å². The third-order valence-electron chi connectivity index (χ3n) is 5.67. The number of nitrogens with zero attached hydrogens (tertiary/aromatic N) is 2. The van der Waals surface area contributed by atoms with Gasteiger partial charge in [0.2, 0.25) is 5.91 Å². The van der Waals surface area contributed by atoms with Crippen molar-refractivity contribution in [2.24, 2.45) is 5.92 Å². The van der Waals surface area contributed by atoms with Crippen molar-refractivity contribution >= 4 is 11.9 Å². The quantitative estimate of drug-likeness (QED) is 0.766. The number of fused-ring (bicyclic) bond motifs is 1. The summed E-state index contributed by atoms with van der Waals surface area (Å²) in [6.45, 7) is 7.66. The first kappa shape index (κ1) is 23.5. The molecule has 0 saturated carbocycles. The summed E-state index contributed by atoms with van der Waals surface area (Å²) < 4.78 is 43.1. The van der Waals surface area contributed by atoms with Crippen LogP contribution in [0.25, 0.3) is 0 Å². The molecule has 0 aliphatic carbocycles. The molecule has 0 bridgehead atoms. The number of aliphatic carboxylic acids is 1. The standard InChI is InChI=1S/C19H26N2O3.C2HF3O2/c1-14-3-2-4-15(7-14)9-21-17-10-20(8-16-5-6-23-12-16)11-18(17)24-13-19(21)22;3-2(4,5)1(6)7/h2-4,7,16-18H,5-6,8-13H2,1H3;(H,6,7)/t16?,17-,18-;/m1./s1. The van der Waals surface area contributed by atoms with Crippen LogP contribution in [0.5, 0.6) is 0 Å². The second kappa shape index (κ2) is 9.97. The van der Waals surface area contributed by atoms with Gasteiger partial charge in [-0.25, -0.2) is 4.79 Å². The predicted molar refractivity (Wildman–Crippen MR) is 104 cm³/mol. The van der Waals surface area contributed by atoms with E-state index in [-0.39, 0.29) is 24.7 Å². The molecule has 3 fully saturated rings. The molecule has 1 N–H and O–H groups in total. The van der Waals surface area contributed by atoms with Crippen LogP contribution in [0.3, 0.4) is 0 Å². The largest absolute Gasteiger partial charge is 0.490 e. The lowest BCUT2D eigenvalue weighted by molar-refractivity contribution is -0.192. The van der Waals surface area contributed by atoms with Gasteiger partial charge in [-0.2, -0.15) is 13.2 Å². The van der Waals surface area contributed by atoms with Gasteiger partial charge in [0, 0.05) is 32.8 Å². The maximum atomic E-state index is 12.4. The summed E-state index contributed by atoms with van der Waals surface area (Å²) in [7, 11) is 0. The van der Waals surface area contributed by atoms with Crippen LogP contribution in [0, 0.1) is 12.8 Å². The van der Waals surface area contributed by atoms with Crippen molar-refractivity contribution in [3.63, 3.8) is 0 Å². The SMILES string of the molecule is Cc1cccc(CN2C(=O)CO[C@@H]3CN(CC4CCOC4)C[C@H]32)c1.O=C(O)C(F)(F)F. The molecule has 10 heteroatoms. The molecule has 3 heterocycles. The fraction of sp³-hybridized carbons (Fsp3) is 0.619. The van der Waals surface area contributed by atoms with E-state index in [0.717, 1.165) is 39.3 Å². The fourth-order valence-electron chi connectivity index (χ4n) is 4.20. The molecule has 1 aromatic rings. The number of carbonyl (C=O) groups is 2. The Morgan fingerprint density at radius 3 is 2.65 bits per heavy atom. The highest BCUT2D eigenvalue weighted by molar-refractivity contribution is 5.78. The summed E-state index contributed by atoms with van der Waals surface area (Å²) in [5.74, 6) is -2.01. The number of benzene rings is 1. The molecule has 31 heavy (non-hydrogen) atoms. The van der Waals surface area contributed by atoms with Crippen molar-refractivity contribution in [2.45, 2.75) is 38.2 Å². The van der Waals surface area contributed by atoms with Gasteiger partial charge in [-0.15, -0.1) is 0 Å². The monoisotopic (exact) mass is 444 g/mol. The van der Waals surface area contributed by atoms with Crippen molar-refractivity contribution < 1.29 is 37.3 Å². The van der Waals surface area contributed by atoms with Crippen LogP contribution < -0.4 is 0 Å². The molecular formula is C21H27F3N2O5. The molecule has 1 aromatic carbocycles. The van der Waals surface area contributed by atoms with Crippen LogP contribution >= 0.6 is 0 Å². The van der Waals surface area contributed by atoms with Crippen molar-refractivity contribution in [2.75, 3.05) is 39.5 Å². The number of ether oxygens (including phenoxy) is 2. The van der Waals surface area contributed by atoms with Crippen LogP contribution in [-0.4, -0.2) is 84.6 Å². The summed E-state index contributed by atoms with van der Waals surface area (Å²) in [6.07, 6.45) is -3.78. The molecule has 172 valence electrons. The molecule has 3 aliphatic rings. The molecule has 3 atom stereocenters. The number of aryl methyl sites for hydroxylation is 1. The zero-order valence-corrected chi connectivity index (χ0v) is 17.3. The first-order valence-corrected chi connectivity index (χ1v) is 10.2. The van der Waals surface area contributed by atoms with E-state index in [2.05, 4.69) is 36.1 Å². The number of likely N-dealkylation sites (tertiary alicyclic amines) is 1. The zero-order valence-electron chi connectivity index (χ0n) is 17.3. The van der Waals surface area contributed by atoms with E-state index >= 15 is 0 Å². The van der Waals surface area contributed by atoms with Gasteiger partial charge in [0.15, 0.2) is 0 Å². The van der Waals surface area contributed by atoms with E-state index in [1.807, 2.05) is 4.90 Å². The lowest BCUT2D eigenvalue weighted by Gasteiger charge is -2.37. The fourth-order valence-corrected chi connectivity index (χ4v) is 4.20. The molecule has 1 unspecified atom stereocenters. The Labute approximate surface area is 178 Å². The average Bonchev–Trinajstić information content (AvgIpc) is 3.34. The highest BCUT2D eigenvalue weighted by atomic mass is 19.4. The highest BCUT2D eigenvalue weighted by Gasteiger charge is 2.43. The van der Waals surface area contributed by atoms with Crippen LogP contribution in [0.15, 0.2) is 24.3 Å². The van der Waals surface area contributed by atoms with Crippen molar-refractivity contribution in [1.82, 2.24) is 9.80 Å². The molecule has 4 rings (SSSR count). The zero-order chi connectivity index (χ0) is 22.6. The van der Waals surface area contributed by atoms with E-state index in [0.29, 0.717) is 12.5 Å². The van der Waals surface area contributed by atoms with Gasteiger partial charge in [0.05, 0.1) is 18.8 Å².